The summed E-state index contributed by atoms with van der Waals surface area (Å²) in [7, 11) is 0.693. The van der Waals surface area contributed by atoms with Crippen LogP contribution in [0, 0.1) is 11.3 Å². The van der Waals surface area contributed by atoms with Crippen LogP contribution < -0.4 is 4.74 Å². The van der Waals surface area contributed by atoms with Crippen molar-refractivity contribution in [3.05, 3.63) is 76.9 Å². The second kappa shape index (κ2) is 25.4. The van der Waals surface area contributed by atoms with E-state index >= 15 is 0 Å². The van der Waals surface area contributed by atoms with Crippen LogP contribution in [-0.4, -0.2) is 60.8 Å². The van der Waals surface area contributed by atoms with Gasteiger partial charge in [0.25, 0.3) is 0 Å². The first kappa shape index (κ1) is 55.3. The maximum atomic E-state index is 10.1. The lowest BCUT2D eigenvalue weighted by atomic mass is 9.59. The first-order chi connectivity index (χ1) is 30.7. The highest BCUT2D eigenvalue weighted by molar-refractivity contribution is 6.32. The summed E-state index contributed by atoms with van der Waals surface area (Å²) in [6.07, 6.45) is 18.5. The molecule has 0 atom stereocenters. The fourth-order valence-electron chi connectivity index (χ4n) is 10.4. The Labute approximate surface area is 403 Å². The molecule has 5 nitrogen and oxygen atoms in total. The molecule has 1 fully saturated rings. The van der Waals surface area contributed by atoms with E-state index < -0.39 is 11.2 Å². The molecule has 4 radical (unpaired) electrons. The number of aryl methyl sites for hydroxylation is 3. The molecule has 65 heavy (non-hydrogen) atoms. The normalized spacial score (nSPS) is 16.6. The van der Waals surface area contributed by atoms with Crippen molar-refractivity contribution < 1.29 is 23.8 Å². The van der Waals surface area contributed by atoms with Gasteiger partial charge >= 0.3 is 0 Å². The van der Waals surface area contributed by atoms with Gasteiger partial charge in [-0.2, -0.15) is 0 Å². The van der Waals surface area contributed by atoms with E-state index in [9.17, 15) is 10.2 Å². The van der Waals surface area contributed by atoms with Crippen LogP contribution in [0.4, 0.5) is 0 Å². The maximum absolute atomic E-state index is 10.1. The summed E-state index contributed by atoms with van der Waals surface area (Å²) in [6.45, 7) is 30.2. The molecule has 0 unspecified atom stereocenters. The molecule has 1 saturated carbocycles. The highest BCUT2D eigenvalue weighted by Gasteiger charge is 2.56. The molecule has 0 heterocycles. The fourth-order valence-corrected chi connectivity index (χ4v) is 11.9. The number of aliphatic hydroxyl groups excluding tert-OH is 2. The van der Waals surface area contributed by atoms with Crippen LogP contribution >= 0.6 is 0 Å². The van der Waals surface area contributed by atoms with Gasteiger partial charge in [-0.3, -0.25) is 0 Å². The van der Waals surface area contributed by atoms with Crippen molar-refractivity contribution in [2.45, 2.75) is 226 Å². The van der Waals surface area contributed by atoms with Crippen LogP contribution in [0.15, 0.2) is 54.6 Å². The van der Waals surface area contributed by atoms with Crippen LogP contribution in [0.2, 0.25) is 10.1 Å². The second-order valence-corrected chi connectivity index (χ2v) is 26.4. The Hall–Kier alpha value is -2.27. The quantitative estimate of drug-likeness (QED) is 0.0589. The SMILES string of the molecule is CCCCCC1CCC(c2ccc(-c3ccc(-c4cc(CCCO)c(OCCC(CCCC)(C(C)(C)O[Si]C(C)(C)C)C(C)(C)O[Si]C(C)(C)C)c(CCCO)c4)cc3CC)cc2)CC1. The number of hydrogen-bond donors (Lipinski definition) is 2. The summed E-state index contributed by atoms with van der Waals surface area (Å²) in [5, 5.41) is 20.3. The van der Waals surface area contributed by atoms with E-state index in [1.54, 1.807) is 0 Å². The first-order valence-corrected chi connectivity index (χ1v) is 27.7. The largest absolute Gasteiger partial charge is 0.493 e. The highest BCUT2D eigenvalue weighted by atomic mass is 28.2. The van der Waals surface area contributed by atoms with Crippen molar-refractivity contribution in [1.82, 2.24) is 0 Å². The molecule has 362 valence electrons. The lowest BCUT2D eigenvalue weighted by Gasteiger charge is -2.56. The lowest BCUT2D eigenvalue weighted by molar-refractivity contribution is -0.158. The van der Waals surface area contributed by atoms with Gasteiger partial charge in [0, 0.05) is 18.6 Å². The van der Waals surface area contributed by atoms with Crippen molar-refractivity contribution in [3.8, 4) is 28.0 Å². The molecule has 0 aromatic heterocycles. The second-order valence-electron chi connectivity index (χ2n) is 22.6. The summed E-state index contributed by atoms with van der Waals surface area (Å²) < 4.78 is 21.2. The highest BCUT2D eigenvalue weighted by Crippen LogP contribution is 2.53. The third kappa shape index (κ3) is 15.9. The Morgan fingerprint density at radius 2 is 1.09 bits per heavy atom. The Balaban J connectivity index is 1.67. The van der Waals surface area contributed by atoms with E-state index in [0.717, 1.165) is 60.5 Å². The molecule has 2 N–H and O–H groups in total. The van der Waals surface area contributed by atoms with E-state index in [2.05, 4.69) is 145 Å². The standard InChI is InChI=1S/C58H92O5Si2/c1-14-17-19-22-43-25-27-45(28-26-43)46-29-31-47(32-30-46)52-34-33-48(40-44(52)16-3)51-41-49(23-20-37-59)53(50(42-51)24-21-38-60)61-39-36-58(35-18-15-2,56(10,11)62-64-54(4,5)6)57(12,13)63-65-55(7,8)9/h29-34,40-43,45,59-60H,14-28,35-39H2,1-13H3. The summed E-state index contributed by atoms with van der Waals surface area (Å²) in [5.74, 6) is 2.52. The summed E-state index contributed by atoms with van der Waals surface area (Å²) in [4.78, 5) is 0. The van der Waals surface area contributed by atoms with Crippen LogP contribution in [0.25, 0.3) is 22.3 Å². The third-order valence-electron chi connectivity index (χ3n) is 14.3. The van der Waals surface area contributed by atoms with Gasteiger partial charge in [-0.15, -0.1) is 0 Å². The monoisotopic (exact) mass is 925 g/mol. The molecule has 0 bridgehead atoms. The zero-order valence-electron chi connectivity index (χ0n) is 43.6. The smallest absolute Gasteiger partial charge is 0.236 e. The molecule has 0 saturated heterocycles. The van der Waals surface area contributed by atoms with Crippen molar-refractivity contribution in [1.29, 1.82) is 0 Å². The molecule has 3 aromatic rings. The molecule has 0 aliphatic heterocycles. The van der Waals surface area contributed by atoms with Gasteiger partial charge in [0.2, 0.25) is 19.5 Å². The van der Waals surface area contributed by atoms with Crippen molar-refractivity contribution >= 4 is 19.5 Å². The number of benzene rings is 3. The topological polar surface area (TPSA) is 68.2 Å². The minimum atomic E-state index is -0.496. The number of rotatable bonds is 27. The van der Waals surface area contributed by atoms with Gasteiger partial charge in [0.15, 0.2) is 0 Å². The number of hydrogen-bond acceptors (Lipinski definition) is 5. The number of ether oxygens (including phenoxy) is 1. The molecule has 4 rings (SSSR count). The van der Waals surface area contributed by atoms with E-state index in [4.69, 9.17) is 13.6 Å². The Kier molecular flexibility index (Phi) is 21.6. The van der Waals surface area contributed by atoms with Gasteiger partial charge in [-0.05, 0) is 177 Å². The van der Waals surface area contributed by atoms with Crippen molar-refractivity contribution in [3.63, 3.8) is 0 Å². The zero-order valence-corrected chi connectivity index (χ0v) is 45.6. The van der Waals surface area contributed by atoms with Crippen LogP contribution in [-0.2, 0) is 28.1 Å². The molecule has 0 spiro atoms. The number of aliphatic hydroxyl groups is 2. The molecular formula is C58H92O5Si2. The predicted octanol–water partition coefficient (Wildman–Crippen LogP) is 15.5. The summed E-state index contributed by atoms with van der Waals surface area (Å²) >= 11 is 0. The first-order valence-electron chi connectivity index (χ1n) is 25.9. The van der Waals surface area contributed by atoms with Gasteiger partial charge in [0.1, 0.15) is 5.75 Å². The minimum absolute atomic E-state index is 0.0450. The molecule has 7 heteroatoms. The van der Waals surface area contributed by atoms with Gasteiger partial charge in [-0.25, -0.2) is 0 Å². The third-order valence-corrected chi connectivity index (χ3v) is 16.7. The van der Waals surface area contributed by atoms with Crippen LogP contribution in [0.5, 0.6) is 5.75 Å². The molecule has 0 amide bonds. The molecule has 3 aromatic carbocycles. The van der Waals surface area contributed by atoms with Crippen molar-refractivity contribution in [2.24, 2.45) is 11.3 Å². The average molecular weight is 926 g/mol. The van der Waals surface area contributed by atoms with Gasteiger partial charge in [0.05, 0.1) is 17.8 Å². The lowest BCUT2D eigenvalue weighted by Crippen LogP contribution is -2.61. The van der Waals surface area contributed by atoms with E-state index in [1.165, 1.54) is 79.2 Å². The Bertz CT molecular complexity index is 1790. The maximum Gasteiger partial charge on any atom is 0.236 e. The fraction of sp³-hybridized carbons (Fsp3) is 0.690. The minimum Gasteiger partial charge on any atom is -0.493 e. The van der Waals surface area contributed by atoms with Crippen molar-refractivity contribution in [2.75, 3.05) is 19.8 Å². The zero-order chi connectivity index (χ0) is 47.9. The number of unbranched alkanes of at least 4 members (excludes halogenated alkanes) is 3. The molecule has 1 aliphatic carbocycles. The predicted molar refractivity (Wildman–Crippen MR) is 280 cm³/mol. The van der Waals surface area contributed by atoms with E-state index in [-0.39, 0.29) is 28.7 Å². The van der Waals surface area contributed by atoms with E-state index in [0.29, 0.717) is 57.7 Å². The van der Waals surface area contributed by atoms with Crippen LogP contribution in [0.1, 0.15) is 208 Å². The molecular weight excluding hydrogens is 833 g/mol. The Morgan fingerprint density at radius 1 is 0.569 bits per heavy atom. The summed E-state index contributed by atoms with van der Waals surface area (Å²) in [5.41, 5.74) is 8.68. The Morgan fingerprint density at radius 3 is 1.58 bits per heavy atom. The van der Waals surface area contributed by atoms with E-state index in [1.807, 2.05) is 0 Å². The van der Waals surface area contributed by atoms with Gasteiger partial charge in [-0.1, -0.05) is 143 Å². The van der Waals surface area contributed by atoms with Gasteiger partial charge < -0.3 is 23.8 Å². The average Bonchev–Trinajstić information content (AvgIpc) is 3.27. The van der Waals surface area contributed by atoms with Crippen LogP contribution in [0.3, 0.4) is 0 Å². The summed E-state index contributed by atoms with van der Waals surface area (Å²) in [6, 6.07) is 21.1. The molecule has 1 aliphatic rings.